The zero-order valence-electron chi connectivity index (χ0n) is 27.0. The number of rotatable bonds is 12. The van der Waals surface area contributed by atoms with E-state index >= 15 is 0 Å². The zero-order valence-corrected chi connectivity index (χ0v) is 28.6. The monoisotopic (exact) mass is 729 g/mol. The standard InChI is InChI=1S/C39H31ClF3N3O4S/c1-25(36(47)45-34-23-29(39(41,42)43)14-21-33(34)40)51-32-19-15-30(16-20-32)44-38(49)35(46-37(48)28-10-6-3-7-11-28)22-26-12-17-31(18-13-26)50-24-27-8-4-2-5-9-27/h2-23,25H,24H2,1H3,(H,44,49)(H,45,47)(H,46,48)/b35-22-. The third-order valence-electron chi connectivity index (χ3n) is 7.31. The Labute approximate surface area is 301 Å². The highest BCUT2D eigenvalue weighted by Crippen LogP contribution is 2.34. The Bertz CT molecular complexity index is 2010. The van der Waals surface area contributed by atoms with E-state index in [2.05, 4.69) is 16.0 Å². The molecule has 0 fully saturated rings. The van der Waals surface area contributed by atoms with Crippen LogP contribution in [0.2, 0.25) is 5.02 Å². The highest BCUT2D eigenvalue weighted by Gasteiger charge is 2.31. The molecule has 5 aromatic rings. The lowest BCUT2D eigenvalue weighted by Gasteiger charge is -2.15. The summed E-state index contributed by atoms with van der Waals surface area (Å²) >= 11 is 7.18. The first-order valence-corrected chi connectivity index (χ1v) is 16.8. The molecule has 0 heterocycles. The van der Waals surface area contributed by atoms with Gasteiger partial charge in [0.1, 0.15) is 18.1 Å². The van der Waals surface area contributed by atoms with Gasteiger partial charge in [-0.2, -0.15) is 13.2 Å². The number of ether oxygens (including phenoxy) is 1. The van der Waals surface area contributed by atoms with E-state index < -0.39 is 34.7 Å². The van der Waals surface area contributed by atoms with Gasteiger partial charge < -0.3 is 20.7 Å². The van der Waals surface area contributed by atoms with E-state index in [-0.39, 0.29) is 16.4 Å². The van der Waals surface area contributed by atoms with Crippen molar-refractivity contribution in [1.29, 1.82) is 0 Å². The lowest BCUT2D eigenvalue weighted by Crippen LogP contribution is -2.30. The predicted octanol–water partition coefficient (Wildman–Crippen LogP) is 9.47. The lowest BCUT2D eigenvalue weighted by atomic mass is 10.1. The molecule has 0 aromatic heterocycles. The van der Waals surface area contributed by atoms with Crippen LogP contribution in [0.3, 0.4) is 0 Å². The Morgan fingerprint density at radius 1 is 0.824 bits per heavy atom. The van der Waals surface area contributed by atoms with Gasteiger partial charge in [0.15, 0.2) is 0 Å². The minimum Gasteiger partial charge on any atom is -0.489 e. The molecular formula is C39H31ClF3N3O4S. The van der Waals surface area contributed by atoms with Gasteiger partial charge in [0, 0.05) is 16.1 Å². The fourth-order valence-electron chi connectivity index (χ4n) is 4.61. The molecule has 0 aliphatic carbocycles. The van der Waals surface area contributed by atoms with Crippen LogP contribution in [0.1, 0.15) is 34.0 Å². The van der Waals surface area contributed by atoms with Crippen LogP contribution in [0.5, 0.6) is 5.75 Å². The van der Waals surface area contributed by atoms with Gasteiger partial charge in [0.2, 0.25) is 5.91 Å². The van der Waals surface area contributed by atoms with Gasteiger partial charge in [-0.1, -0.05) is 72.3 Å². The molecule has 1 atom stereocenters. The highest BCUT2D eigenvalue weighted by molar-refractivity contribution is 8.00. The molecule has 5 aromatic carbocycles. The Morgan fingerprint density at radius 2 is 1.47 bits per heavy atom. The Kier molecular flexibility index (Phi) is 12.2. The largest absolute Gasteiger partial charge is 0.489 e. The minimum absolute atomic E-state index is 0.00111. The maximum Gasteiger partial charge on any atom is 0.416 e. The van der Waals surface area contributed by atoms with Crippen molar-refractivity contribution >= 4 is 58.5 Å². The van der Waals surface area contributed by atoms with Crippen molar-refractivity contribution in [2.24, 2.45) is 0 Å². The second kappa shape index (κ2) is 16.9. The van der Waals surface area contributed by atoms with E-state index in [1.54, 1.807) is 91.9 Å². The van der Waals surface area contributed by atoms with Crippen LogP contribution in [0, 0.1) is 0 Å². The average molecular weight is 730 g/mol. The van der Waals surface area contributed by atoms with Crippen molar-refractivity contribution in [1.82, 2.24) is 5.32 Å². The van der Waals surface area contributed by atoms with E-state index in [1.807, 2.05) is 30.3 Å². The molecule has 5 rings (SSSR count). The van der Waals surface area contributed by atoms with Crippen molar-refractivity contribution in [3.8, 4) is 5.75 Å². The number of halogens is 4. The molecule has 0 radical (unpaired) electrons. The van der Waals surface area contributed by atoms with Crippen LogP contribution in [-0.2, 0) is 22.4 Å². The maximum absolute atomic E-state index is 13.5. The van der Waals surface area contributed by atoms with E-state index in [1.165, 1.54) is 0 Å². The summed E-state index contributed by atoms with van der Waals surface area (Å²) in [6.45, 7) is 2.00. The molecule has 0 bridgehead atoms. The first-order chi connectivity index (χ1) is 24.4. The van der Waals surface area contributed by atoms with Gasteiger partial charge in [0.25, 0.3) is 11.8 Å². The molecule has 0 aliphatic heterocycles. The molecule has 1 unspecified atom stereocenters. The number of amides is 3. The van der Waals surface area contributed by atoms with Crippen LogP contribution in [-0.4, -0.2) is 23.0 Å². The Hall–Kier alpha value is -5.52. The molecule has 3 amide bonds. The van der Waals surface area contributed by atoms with Gasteiger partial charge in [-0.3, -0.25) is 14.4 Å². The van der Waals surface area contributed by atoms with Crippen molar-refractivity contribution in [2.45, 2.75) is 29.9 Å². The molecule has 51 heavy (non-hydrogen) atoms. The lowest BCUT2D eigenvalue weighted by molar-refractivity contribution is -0.137. The van der Waals surface area contributed by atoms with Gasteiger partial charge in [0.05, 0.1) is 21.5 Å². The number of anilines is 2. The number of hydrogen-bond donors (Lipinski definition) is 3. The minimum atomic E-state index is -4.59. The van der Waals surface area contributed by atoms with Crippen LogP contribution < -0.4 is 20.7 Å². The summed E-state index contributed by atoms with van der Waals surface area (Å²) in [5.74, 6) is -0.946. The molecule has 7 nitrogen and oxygen atoms in total. The fraction of sp³-hybridized carbons (Fsp3) is 0.103. The summed E-state index contributed by atoms with van der Waals surface area (Å²) in [7, 11) is 0. The van der Waals surface area contributed by atoms with E-state index in [4.69, 9.17) is 16.3 Å². The molecule has 12 heteroatoms. The Balaban J connectivity index is 1.24. The number of benzene rings is 5. The van der Waals surface area contributed by atoms with E-state index in [9.17, 15) is 27.6 Å². The molecule has 260 valence electrons. The van der Waals surface area contributed by atoms with Crippen LogP contribution in [0.25, 0.3) is 6.08 Å². The topological polar surface area (TPSA) is 96.5 Å². The second-order valence-corrected chi connectivity index (χ2v) is 13.0. The quantitative estimate of drug-likeness (QED) is 0.0879. The summed E-state index contributed by atoms with van der Waals surface area (Å²) in [5.41, 5.74) is 1.38. The summed E-state index contributed by atoms with van der Waals surface area (Å²) < 4.78 is 45.3. The van der Waals surface area contributed by atoms with Gasteiger partial charge >= 0.3 is 6.18 Å². The third-order valence-corrected chi connectivity index (χ3v) is 8.76. The number of nitrogens with one attached hydrogen (secondary N) is 3. The summed E-state index contributed by atoms with van der Waals surface area (Å²) in [5, 5.41) is 7.23. The maximum atomic E-state index is 13.5. The Morgan fingerprint density at radius 3 is 2.12 bits per heavy atom. The van der Waals surface area contributed by atoms with Crippen molar-refractivity contribution in [3.63, 3.8) is 0 Å². The molecule has 0 saturated carbocycles. The fourth-order valence-corrected chi connectivity index (χ4v) is 5.65. The van der Waals surface area contributed by atoms with Gasteiger partial charge in [-0.25, -0.2) is 0 Å². The van der Waals surface area contributed by atoms with E-state index in [0.29, 0.717) is 34.1 Å². The van der Waals surface area contributed by atoms with Crippen molar-refractivity contribution in [3.05, 3.63) is 160 Å². The van der Waals surface area contributed by atoms with Crippen LogP contribution in [0.4, 0.5) is 24.5 Å². The third kappa shape index (κ3) is 10.7. The van der Waals surface area contributed by atoms with E-state index in [0.717, 1.165) is 35.5 Å². The van der Waals surface area contributed by atoms with Crippen molar-refractivity contribution in [2.75, 3.05) is 10.6 Å². The molecular weight excluding hydrogens is 699 g/mol. The molecule has 0 saturated heterocycles. The first-order valence-electron chi connectivity index (χ1n) is 15.5. The smallest absolute Gasteiger partial charge is 0.416 e. The second-order valence-electron chi connectivity index (χ2n) is 11.1. The normalized spacial score (nSPS) is 12.1. The molecule has 0 spiro atoms. The van der Waals surface area contributed by atoms with Crippen molar-refractivity contribution < 1.29 is 32.3 Å². The highest BCUT2D eigenvalue weighted by atomic mass is 35.5. The van der Waals surface area contributed by atoms with Crippen LogP contribution >= 0.6 is 23.4 Å². The van der Waals surface area contributed by atoms with Crippen LogP contribution in [0.15, 0.2) is 138 Å². The predicted molar refractivity (Wildman–Crippen MR) is 195 cm³/mol. The SMILES string of the molecule is CC(Sc1ccc(NC(=O)/C(=C/c2ccc(OCc3ccccc3)cc2)NC(=O)c2ccccc2)cc1)C(=O)Nc1cc(C(F)(F)F)ccc1Cl. The summed E-state index contributed by atoms with van der Waals surface area (Å²) in [6.07, 6.45) is -3.03. The number of hydrogen-bond acceptors (Lipinski definition) is 5. The number of thioether (sulfide) groups is 1. The zero-order chi connectivity index (χ0) is 36.4. The number of alkyl halides is 3. The summed E-state index contributed by atoms with van der Waals surface area (Å²) in [4.78, 5) is 40.0. The van der Waals surface area contributed by atoms with Gasteiger partial charge in [-0.15, -0.1) is 11.8 Å². The molecule has 3 N–H and O–H groups in total. The molecule has 0 aliphatic rings. The number of carbonyl (C=O) groups excluding carboxylic acids is 3. The first kappa shape index (κ1) is 36.8. The average Bonchev–Trinajstić information content (AvgIpc) is 3.13. The number of carbonyl (C=O) groups is 3. The summed E-state index contributed by atoms with van der Waals surface area (Å²) in [6, 6.07) is 34.6. The van der Waals surface area contributed by atoms with Gasteiger partial charge in [-0.05, 0) is 90.9 Å².